The summed E-state index contributed by atoms with van der Waals surface area (Å²) in [6, 6.07) is 5.04. The molecule has 4 heteroatoms. The van der Waals surface area contributed by atoms with Gasteiger partial charge in [0, 0.05) is 23.6 Å². The van der Waals surface area contributed by atoms with Crippen molar-refractivity contribution in [3.8, 4) is 0 Å². The number of carbonyl (C=O) groups excluding carboxylic acids is 1. The van der Waals surface area contributed by atoms with Crippen molar-refractivity contribution in [3.05, 3.63) is 33.8 Å². The van der Waals surface area contributed by atoms with E-state index < -0.39 is 0 Å². The third-order valence-corrected chi connectivity index (χ3v) is 3.88. The molecule has 0 aliphatic carbocycles. The fourth-order valence-corrected chi connectivity index (χ4v) is 2.81. The van der Waals surface area contributed by atoms with E-state index in [9.17, 15) is 4.79 Å². The molecule has 0 spiro atoms. The quantitative estimate of drug-likeness (QED) is 0.778. The van der Waals surface area contributed by atoms with Gasteiger partial charge in [-0.1, -0.05) is 29.6 Å². The zero-order valence-electron chi connectivity index (χ0n) is 10.3. The molecule has 1 aliphatic rings. The van der Waals surface area contributed by atoms with Crippen LogP contribution in [0.1, 0.15) is 36.0 Å². The van der Waals surface area contributed by atoms with E-state index in [1.165, 1.54) is 19.3 Å². The van der Waals surface area contributed by atoms with Gasteiger partial charge in [-0.2, -0.15) is 0 Å². The van der Waals surface area contributed by atoms with Gasteiger partial charge in [-0.25, -0.2) is 0 Å². The average molecular weight is 286 g/mol. The number of hydrogen-bond acceptors (Lipinski definition) is 2. The van der Waals surface area contributed by atoms with Crippen molar-refractivity contribution >= 4 is 29.0 Å². The number of nitrogens with zero attached hydrogens (tertiary/aromatic N) is 1. The summed E-state index contributed by atoms with van der Waals surface area (Å²) in [5, 5.41) is 1.01. The maximum absolute atomic E-state index is 12.1. The normalized spacial score (nSPS) is 16.8. The number of likely N-dealkylation sites (tertiary alicyclic amines) is 1. The van der Waals surface area contributed by atoms with Gasteiger partial charge in [0.05, 0.1) is 5.02 Å². The van der Waals surface area contributed by atoms with Crippen molar-refractivity contribution in [1.29, 1.82) is 0 Å². The molecule has 0 saturated carbocycles. The maximum Gasteiger partial charge on any atom is 0.165 e. The highest BCUT2D eigenvalue weighted by Crippen LogP contribution is 2.22. The molecule has 0 unspecified atom stereocenters. The van der Waals surface area contributed by atoms with Gasteiger partial charge in [-0.15, -0.1) is 0 Å². The molecule has 0 aromatic heterocycles. The average Bonchev–Trinajstić information content (AvgIpc) is 2.37. The second-order valence-electron chi connectivity index (χ2n) is 4.70. The molecule has 1 heterocycles. The van der Waals surface area contributed by atoms with E-state index in [4.69, 9.17) is 23.2 Å². The van der Waals surface area contributed by atoms with E-state index in [1.54, 1.807) is 18.2 Å². The molecule has 1 fully saturated rings. The van der Waals surface area contributed by atoms with E-state index in [0.29, 0.717) is 22.0 Å². The summed E-state index contributed by atoms with van der Waals surface area (Å²) in [7, 11) is 0. The van der Waals surface area contributed by atoms with Crippen LogP contribution in [0.25, 0.3) is 0 Å². The smallest absolute Gasteiger partial charge is 0.165 e. The second-order valence-corrected chi connectivity index (χ2v) is 5.54. The summed E-state index contributed by atoms with van der Waals surface area (Å²) in [4.78, 5) is 14.4. The molecule has 2 nitrogen and oxygen atoms in total. The first-order chi connectivity index (χ1) is 8.66. The van der Waals surface area contributed by atoms with Gasteiger partial charge in [0.2, 0.25) is 0 Å². The van der Waals surface area contributed by atoms with Gasteiger partial charge < -0.3 is 4.90 Å². The Hall–Kier alpha value is -0.570. The first-order valence-electron chi connectivity index (χ1n) is 6.37. The van der Waals surface area contributed by atoms with Crippen LogP contribution in [0, 0.1) is 0 Å². The largest absolute Gasteiger partial charge is 0.303 e. The Morgan fingerprint density at radius 2 is 1.89 bits per heavy atom. The van der Waals surface area contributed by atoms with Gasteiger partial charge in [0.1, 0.15) is 0 Å². The number of rotatable bonds is 4. The highest BCUT2D eigenvalue weighted by molar-refractivity contribution is 6.36. The Morgan fingerprint density at radius 3 is 2.56 bits per heavy atom. The lowest BCUT2D eigenvalue weighted by Crippen LogP contribution is -2.31. The Bertz CT molecular complexity index is 428. The molecule has 2 rings (SSSR count). The zero-order chi connectivity index (χ0) is 13.0. The highest BCUT2D eigenvalue weighted by atomic mass is 35.5. The number of ketones is 1. The summed E-state index contributed by atoms with van der Waals surface area (Å²) in [5.74, 6) is 0.0993. The molecule has 0 N–H and O–H groups in total. The lowest BCUT2D eigenvalue weighted by molar-refractivity contribution is 0.0959. The predicted molar refractivity (Wildman–Crippen MR) is 75.7 cm³/mol. The predicted octanol–water partition coefficient (Wildman–Crippen LogP) is 4.05. The number of piperidine rings is 1. The van der Waals surface area contributed by atoms with Gasteiger partial charge in [0.15, 0.2) is 5.78 Å². The number of Topliss-reactive ketones (excluding diaryl/α,β-unsaturated/α-hetero) is 1. The molecule has 1 aromatic rings. The van der Waals surface area contributed by atoms with Crippen molar-refractivity contribution in [2.45, 2.75) is 25.7 Å². The summed E-state index contributed by atoms with van der Waals surface area (Å²) < 4.78 is 0. The van der Waals surface area contributed by atoms with Crippen molar-refractivity contribution < 1.29 is 4.79 Å². The molecule has 0 atom stereocenters. The van der Waals surface area contributed by atoms with E-state index in [2.05, 4.69) is 4.90 Å². The molecule has 0 bridgehead atoms. The van der Waals surface area contributed by atoms with Crippen molar-refractivity contribution in [2.24, 2.45) is 0 Å². The summed E-state index contributed by atoms with van der Waals surface area (Å²) in [6.45, 7) is 3.06. The third kappa shape index (κ3) is 3.71. The summed E-state index contributed by atoms with van der Waals surface area (Å²) in [5.41, 5.74) is 0.582. The van der Waals surface area contributed by atoms with Crippen LogP contribution in [0.2, 0.25) is 10.0 Å². The molecular weight excluding hydrogens is 269 g/mol. The summed E-state index contributed by atoms with van der Waals surface area (Å²) >= 11 is 11.8. The lowest BCUT2D eigenvalue weighted by Gasteiger charge is -2.25. The Labute approximate surface area is 118 Å². The van der Waals surface area contributed by atoms with Gasteiger partial charge in [-0.05, 0) is 44.1 Å². The van der Waals surface area contributed by atoms with Crippen LogP contribution in [-0.4, -0.2) is 30.3 Å². The minimum absolute atomic E-state index is 0.0993. The fraction of sp³-hybridized carbons (Fsp3) is 0.500. The Balaban J connectivity index is 1.90. The fourth-order valence-electron chi connectivity index (χ4n) is 2.29. The first kappa shape index (κ1) is 13.9. The van der Waals surface area contributed by atoms with Crippen LogP contribution in [0.4, 0.5) is 0 Å². The summed E-state index contributed by atoms with van der Waals surface area (Å²) in [6.07, 6.45) is 4.33. The SMILES string of the molecule is O=C(CCN1CCCCC1)c1ccc(Cl)cc1Cl. The van der Waals surface area contributed by atoms with Gasteiger partial charge >= 0.3 is 0 Å². The van der Waals surface area contributed by atoms with Crippen LogP contribution in [0.3, 0.4) is 0 Å². The maximum atomic E-state index is 12.1. The van der Waals surface area contributed by atoms with Crippen molar-refractivity contribution in [1.82, 2.24) is 4.90 Å². The lowest BCUT2D eigenvalue weighted by atomic mass is 10.1. The monoisotopic (exact) mass is 285 g/mol. The molecule has 98 valence electrons. The van der Waals surface area contributed by atoms with Crippen LogP contribution >= 0.6 is 23.2 Å². The molecular formula is C14H17Cl2NO. The van der Waals surface area contributed by atoms with Crippen LogP contribution in [0.5, 0.6) is 0 Å². The van der Waals surface area contributed by atoms with E-state index >= 15 is 0 Å². The van der Waals surface area contributed by atoms with Crippen molar-refractivity contribution in [2.75, 3.05) is 19.6 Å². The Kier molecular flexibility index (Phi) is 5.04. The third-order valence-electron chi connectivity index (χ3n) is 3.34. The molecule has 0 amide bonds. The van der Waals surface area contributed by atoms with Gasteiger partial charge in [0.25, 0.3) is 0 Å². The number of benzene rings is 1. The van der Waals surface area contributed by atoms with E-state index in [1.807, 2.05) is 0 Å². The van der Waals surface area contributed by atoms with Crippen LogP contribution < -0.4 is 0 Å². The van der Waals surface area contributed by atoms with Crippen LogP contribution in [-0.2, 0) is 0 Å². The molecule has 0 radical (unpaired) electrons. The minimum Gasteiger partial charge on any atom is -0.303 e. The molecule has 1 aromatic carbocycles. The topological polar surface area (TPSA) is 20.3 Å². The highest BCUT2D eigenvalue weighted by Gasteiger charge is 2.14. The number of halogens is 2. The Morgan fingerprint density at radius 1 is 1.17 bits per heavy atom. The molecule has 1 saturated heterocycles. The van der Waals surface area contributed by atoms with Gasteiger partial charge in [-0.3, -0.25) is 4.79 Å². The molecule has 1 aliphatic heterocycles. The standard InChI is InChI=1S/C14H17Cl2NO/c15-11-4-5-12(13(16)10-11)14(18)6-9-17-7-2-1-3-8-17/h4-5,10H,1-3,6-9H2. The zero-order valence-corrected chi connectivity index (χ0v) is 11.8. The van der Waals surface area contributed by atoms with Crippen LogP contribution in [0.15, 0.2) is 18.2 Å². The van der Waals surface area contributed by atoms with E-state index in [0.717, 1.165) is 19.6 Å². The number of hydrogen-bond donors (Lipinski definition) is 0. The first-order valence-corrected chi connectivity index (χ1v) is 7.13. The van der Waals surface area contributed by atoms with E-state index in [-0.39, 0.29) is 5.78 Å². The number of carbonyl (C=O) groups is 1. The van der Waals surface area contributed by atoms with Crippen molar-refractivity contribution in [3.63, 3.8) is 0 Å². The molecule has 18 heavy (non-hydrogen) atoms. The minimum atomic E-state index is 0.0993. The second kappa shape index (κ2) is 6.55.